The van der Waals surface area contributed by atoms with Crippen LogP contribution in [0.5, 0.6) is 11.5 Å². The predicted molar refractivity (Wildman–Crippen MR) is 68.7 cm³/mol. The molecule has 0 amide bonds. The molecule has 0 aliphatic heterocycles. The molecule has 1 aromatic carbocycles. The first kappa shape index (κ1) is 13.8. The lowest BCUT2D eigenvalue weighted by Crippen LogP contribution is -2.15. The molecule has 0 heterocycles. The van der Waals surface area contributed by atoms with Gasteiger partial charge in [0, 0.05) is 5.56 Å². The summed E-state index contributed by atoms with van der Waals surface area (Å²) < 4.78 is 10.6. The second-order valence-electron chi connectivity index (χ2n) is 4.49. The van der Waals surface area contributed by atoms with E-state index in [1.807, 2.05) is 32.0 Å². The molecule has 0 saturated carbocycles. The number of aliphatic hydroxyl groups is 1. The third-order valence-corrected chi connectivity index (χ3v) is 2.99. The molecule has 1 rings (SSSR count). The van der Waals surface area contributed by atoms with Gasteiger partial charge in [0.1, 0.15) is 11.5 Å². The average Bonchev–Trinajstić information content (AvgIpc) is 2.34. The topological polar surface area (TPSA) is 38.7 Å². The Kier molecular flexibility index (Phi) is 5.29. The van der Waals surface area contributed by atoms with Crippen molar-refractivity contribution < 1.29 is 14.6 Å². The maximum absolute atomic E-state index is 9.83. The Morgan fingerprint density at radius 1 is 1.12 bits per heavy atom. The number of hydrogen-bond donors (Lipinski definition) is 1. The molecule has 0 fully saturated rings. The molecule has 3 nitrogen and oxygen atoms in total. The molecule has 1 N–H and O–H groups in total. The maximum atomic E-state index is 9.83. The Morgan fingerprint density at radius 2 is 1.65 bits per heavy atom. The lowest BCUT2D eigenvalue weighted by Gasteiger charge is -2.17. The van der Waals surface area contributed by atoms with Gasteiger partial charge in [-0.2, -0.15) is 0 Å². The van der Waals surface area contributed by atoms with E-state index in [1.165, 1.54) is 0 Å². The van der Waals surface area contributed by atoms with Crippen LogP contribution in [0.25, 0.3) is 0 Å². The van der Waals surface area contributed by atoms with Crippen molar-refractivity contribution in [3.05, 3.63) is 23.8 Å². The summed E-state index contributed by atoms with van der Waals surface area (Å²) in [7, 11) is 3.30. The molecular weight excluding hydrogens is 216 g/mol. The zero-order chi connectivity index (χ0) is 12.8. The predicted octanol–water partition coefficient (Wildman–Crippen LogP) is 2.65. The number of hydrogen-bond acceptors (Lipinski definition) is 3. The lowest BCUT2D eigenvalue weighted by molar-refractivity contribution is 0.116. The Bertz CT molecular complexity index is 325. The molecule has 0 spiro atoms. The number of ether oxygens (including phenoxy) is 2. The first-order valence-corrected chi connectivity index (χ1v) is 5.98. The minimum atomic E-state index is -0.287. The number of methoxy groups -OCH3 is 2. The first-order chi connectivity index (χ1) is 8.10. The second-order valence-corrected chi connectivity index (χ2v) is 4.49. The highest BCUT2D eigenvalue weighted by atomic mass is 16.5. The first-order valence-electron chi connectivity index (χ1n) is 5.98. The van der Waals surface area contributed by atoms with Gasteiger partial charge in [-0.3, -0.25) is 0 Å². The van der Waals surface area contributed by atoms with Crippen LogP contribution in [0.4, 0.5) is 0 Å². The van der Waals surface area contributed by atoms with Crippen molar-refractivity contribution in [2.24, 2.45) is 5.92 Å². The quantitative estimate of drug-likeness (QED) is 0.828. The molecule has 0 aromatic heterocycles. The van der Waals surface area contributed by atoms with Crippen molar-refractivity contribution in [3.8, 4) is 11.5 Å². The summed E-state index contributed by atoms with van der Waals surface area (Å²) in [5.41, 5.74) is 1.03. The Balaban J connectivity index is 2.81. The van der Waals surface area contributed by atoms with Gasteiger partial charge in [0.05, 0.1) is 20.3 Å². The van der Waals surface area contributed by atoms with Crippen LogP contribution < -0.4 is 9.47 Å². The summed E-state index contributed by atoms with van der Waals surface area (Å²) in [6.07, 6.45) is 1.19. The fourth-order valence-corrected chi connectivity index (χ4v) is 1.80. The number of rotatable bonds is 6. The molecule has 1 atom stereocenters. The van der Waals surface area contributed by atoms with Crippen LogP contribution in [0.3, 0.4) is 0 Å². The van der Waals surface area contributed by atoms with E-state index >= 15 is 0 Å². The van der Waals surface area contributed by atoms with Gasteiger partial charge in [-0.25, -0.2) is 0 Å². The van der Waals surface area contributed by atoms with Crippen molar-refractivity contribution in [3.63, 3.8) is 0 Å². The molecule has 0 radical (unpaired) electrons. The summed E-state index contributed by atoms with van der Waals surface area (Å²) in [4.78, 5) is 0. The fourth-order valence-electron chi connectivity index (χ4n) is 1.80. The highest BCUT2D eigenvalue weighted by molar-refractivity contribution is 5.44. The van der Waals surface area contributed by atoms with Gasteiger partial charge in [0.2, 0.25) is 0 Å². The van der Waals surface area contributed by atoms with Crippen LogP contribution in [0.15, 0.2) is 18.2 Å². The Hall–Kier alpha value is -1.22. The van der Waals surface area contributed by atoms with Crippen LogP contribution in [0.1, 0.15) is 25.8 Å². The number of aliphatic hydroxyl groups excluding tert-OH is 1. The van der Waals surface area contributed by atoms with Crippen LogP contribution in [0.2, 0.25) is 0 Å². The normalized spacial score (nSPS) is 12.6. The molecule has 17 heavy (non-hydrogen) atoms. The van der Waals surface area contributed by atoms with Gasteiger partial charge in [0.25, 0.3) is 0 Å². The summed E-state index contributed by atoms with van der Waals surface area (Å²) in [5, 5.41) is 9.83. The lowest BCUT2D eigenvalue weighted by atomic mass is 9.98. The molecule has 1 aromatic rings. The third-order valence-electron chi connectivity index (χ3n) is 2.99. The van der Waals surface area contributed by atoms with Crippen LogP contribution in [-0.2, 0) is 6.42 Å². The second kappa shape index (κ2) is 6.50. The van der Waals surface area contributed by atoms with E-state index < -0.39 is 0 Å². The molecule has 96 valence electrons. The van der Waals surface area contributed by atoms with Crippen molar-refractivity contribution in [2.45, 2.75) is 32.8 Å². The average molecular weight is 238 g/mol. The molecular formula is C14H22O3. The standard InChI is InChI=1S/C14H22O3/c1-10(2)12(15)9-8-11-13(16-3)6-5-7-14(11)17-4/h5-7,10,12,15H,8-9H2,1-4H3. The van der Waals surface area contributed by atoms with Crippen LogP contribution in [0, 0.1) is 5.92 Å². The van der Waals surface area contributed by atoms with Gasteiger partial charge in [-0.1, -0.05) is 19.9 Å². The van der Waals surface area contributed by atoms with Gasteiger partial charge in [0.15, 0.2) is 0 Å². The summed E-state index contributed by atoms with van der Waals surface area (Å²) in [6, 6.07) is 5.74. The largest absolute Gasteiger partial charge is 0.496 e. The maximum Gasteiger partial charge on any atom is 0.125 e. The van der Waals surface area contributed by atoms with Crippen molar-refractivity contribution in [2.75, 3.05) is 14.2 Å². The van der Waals surface area contributed by atoms with Crippen LogP contribution in [-0.4, -0.2) is 25.4 Å². The van der Waals surface area contributed by atoms with E-state index in [9.17, 15) is 5.11 Å². The van der Waals surface area contributed by atoms with E-state index in [4.69, 9.17) is 9.47 Å². The SMILES string of the molecule is COc1cccc(OC)c1CCC(O)C(C)C. The van der Waals surface area contributed by atoms with Crippen molar-refractivity contribution in [1.29, 1.82) is 0 Å². The van der Waals surface area contributed by atoms with E-state index in [2.05, 4.69) is 0 Å². The van der Waals surface area contributed by atoms with Crippen LogP contribution >= 0.6 is 0 Å². The summed E-state index contributed by atoms with van der Waals surface area (Å²) in [6.45, 7) is 4.04. The molecule has 1 unspecified atom stereocenters. The van der Waals surface area contributed by atoms with Gasteiger partial charge < -0.3 is 14.6 Å². The Morgan fingerprint density at radius 3 is 2.06 bits per heavy atom. The minimum absolute atomic E-state index is 0.274. The Labute approximate surface area is 103 Å². The van der Waals surface area contributed by atoms with Gasteiger partial charge in [-0.05, 0) is 30.9 Å². The zero-order valence-corrected chi connectivity index (χ0v) is 11.1. The minimum Gasteiger partial charge on any atom is -0.496 e. The summed E-state index contributed by atoms with van der Waals surface area (Å²) in [5.74, 6) is 1.91. The molecule has 0 aliphatic carbocycles. The zero-order valence-electron chi connectivity index (χ0n) is 11.1. The smallest absolute Gasteiger partial charge is 0.125 e. The highest BCUT2D eigenvalue weighted by Crippen LogP contribution is 2.30. The monoisotopic (exact) mass is 238 g/mol. The van der Waals surface area contributed by atoms with Gasteiger partial charge in [-0.15, -0.1) is 0 Å². The highest BCUT2D eigenvalue weighted by Gasteiger charge is 2.14. The summed E-state index contributed by atoms with van der Waals surface area (Å²) >= 11 is 0. The molecule has 0 saturated heterocycles. The van der Waals surface area contributed by atoms with E-state index in [0.717, 1.165) is 23.5 Å². The molecule has 3 heteroatoms. The molecule has 0 bridgehead atoms. The fraction of sp³-hybridized carbons (Fsp3) is 0.571. The van der Waals surface area contributed by atoms with E-state index in [1.54, 1.807) is 14.2 Å². The third kappa shape index (κ3) is 3.63. The van der Waals surface area contributed by atoms with Crippen molar-refractivity contribution in [1.82, 2.24) is 0 Å². The molecule has 0 aliphatic rings. The van der Waals surface area contributed by atoms with E-state index in [0.29, 0.717) is 6.42 Å². The van der Waals surface area contributed by atoms with E-state index in [-0.39, 0.29) is 12.0 Å². The van der Waals surface area contributed by atoms with Gasteiger partial charge >= 0.3 is 0 Å². The van der Waals surface area contributed by atoms with Crippen molar-refractivity contribution >= 4 is 0 Å². The number of benzene rings is 1.